The van der Waals surface area contributed by atoms with E-state index in [9.17, 15) is 9.90 Å². The number of carbonyl (C=O) groups is 1. The van der Waals surface area contributed by atoms with Crippen LogP contribution in [0.1, 0.15) is 15.9 Å². The van der Waals surface area contributed by atoms with Crippen molar-refractivity contribution < 1.29 is 19.4 Å². The zero-order valence-electron chi connectivity index (χ0n) is 13.7. The molecule has 0 radical (unpaired) electrons. The molecule has 1 N–H and O–H groups in total. The predicted octanol–water partition coefficient (Wildman–Crippen LogP) is 3.65. The Balaban J connectivity index is 2.01. The molecule has 0 aliphatic heterocycles. The van der Waals surface area contributed by atoms with Crippen LogP contribution >= 0.6 is 11.8 Å². The van der Waals surface area contributed by atoms with Crippen LogP contribution in [0.4, 0.5) is 0 Å². The molecule has 126 valence electrons. The molecule has 0 saturated carbocycles. The molecule has 0 fully saturated rings. The Morgan fingerprint density at radius 1 is 1.12 bits per heavy atom. The Morgan fingerprint density at radius 3 is 2.33 bits per heavy atom. The topological polar surface area (TPSA) is 55.8 Å². The quantitative estimate of drug-likeness (QED) is 0.614. The Kier molecular flexibility index (Phi) is 6.90. The minimum Gasteiger partial charge on any atom is -0.489 e. The lowest BCUT2D eigenvalue weighted by Crippen LogP contribution is -2.05. The Morgan fingerprint density at radius 2 is 1.79 bits per heavy atom. The lowest BCUT2D eigenvalue weighted by molar-refractivity contribution is 0.0600. The number of esters is 1. The van der Waals surface area contributed by atoms with Crippen LogP contribution in [0, 0.1) is 0 Å². The number of carbonyl (C=O) groups excluding carboxylic acids is 1. The van der Waals surface area contributed by atoms with Gasteiger partial charge < -0.3 is 14.6 Å². The molecule has 0 aliphatic rings. The van der Waals surface area contributed by atoms with Gasteiger partial charge in [0.05, 0.1) is 19.3 Å². The van der Waals surface area contributed by atoms with Crippen molar-refractivity contribution in [3.63, 3.8) is 0 Å². The van der Waals surface area contributed by atoms with Gasteiger partial charge in [0, 0.05) is 4.90 Å². The van der Waals surface area contributed by atoms with Gasteiger partial charge in [-0.3, -0.25) is 0 Å². The smallest absolute Gasteiger partial charge is 0.337 e. The van der Waals surface area contributed by atoms with Gasteiger partial charge in [-0.2, -0.15) is 0 Å². The van der Waals surface area contributed by atoms with Gasteiger partial charge in [0.2, 0.25) is 0 Å². The summed E-state index contributed by atoms with van der Waals surface area (Å²) >= 11 is 1.67. The van der Waals surface area contributed by atoms with Crippen LogP contribution in [0.25, 0.3) is 6.08 Å². The number of hydrogen-bond acceptors (Lipinski definition) is 5. The number of methoxy groups -OCH3 is 1. The van der Waals surface area contributed by atoms with Gasteiger partial charge >= 0.3 is 5.97 Å². The molecule has 0 spiro atoms. The van der Waals surface area contributed by atoms with E-state index >= 15 is 0 Å². The number of thioether (sulfide) groups is 1. The van der Waals surface area contributed by atoms with Gasteiger partial charge in [-0.1, -0.05) is 18.2 Å². The van der Waals surface area contributed by atoms with E-state index in [0.29, 0.717) is 12.2 Å². The van der Waals surface area contributed by atoms with Crippen LogP contribution in [0.3, 0.4) is 0 Å². The van der Waals surface area contributed by atoms with Gasteiger partial charge in [0.1, 0.15) is 12.4 Å². The number of rotatable bonds is 7. The van der Waals surface area contributed by atoms with Crippen molar-refractivity contribution in [3.05, 3.63) is 65.2 Å². The third kappa shape index (κ3) is 5.15. The summed E-state index contributed by atoms with van der Waals surface area (Å²) in [5.41, 5.74) is 2.12. The summed E-state index contributed by atoms with van der Waals surface area (Å²) in [5, 5.41) is 9.50. The fraction of sp³-hybridized carbons (Fsp3) is 0.211. The monoisotopic (exact) mass is 344 g/mol. The van der Waals surface area contributed by atoms with E-state index in [4.69, 9.17) is 4.74 Å². The molecule has 0 aliphatic carbocycles. The second-order valence-corrected chi connectivity index (χ2v) is 5.92. The zero-order valence-corrected chi connectivity index (χ0v) is 14.5. The molecule has 2 rings (SSSR count). The summed E-state index contributed by atoms with van der Waals surface area (Å²) < 4.78 is 10.4. The third-order valence-electron chi connectivity index (χ3n) is 3.39. The average molecular weight is 344 g/mol. The van der Waals surface area contributed by atoms with Crippen LogP contribution < -0.4 is 4.74 Å². The minimum absolute atomic E-state index is 0.0956. The summed E-state index contributed by atoms with van der Waals surface area (Å²) in [4.78, 5) is 12.6. The number of benzene rings is 2. The lowest BCUT2D eigenvalue weighted by Gasteiger charge is -2.09. The second-order valence-electron chi connectivity index (χ2n) is 5.04. The first kappa shape index (κ1) is 18.1. The van der Waals surface area contributed by atoms with Crippen LogP contribution in [0.5, 0.6) is 5.75 Å². The number of aliphatic hydroxyl groups is 1. The summed E-state index contributed by atoms with van der Waals surface area (Å²) in [6, 6.07) is 14.8. The van der Waals surface area contributed by atoms with Crippen LogP contribution in [0.15, 0.2) is 59.0 Å². The van der Waals surface area contributed by atoms with E-state index in [1.165, 1.54) is 12.0 Å². The van der Waals surface area contributed by atoms with Crippen LogP contribution in [0.2, 0.25) is 0 Å². The lowest BCUT2D eigenvalue weighted by atomic mass is 10.1. The number of hydrogen-bond donors (Lipinski definition) is 1. The molecule has 0 aromatic heterocycles. The van der Waals surface area contributed by atoms with Gasteiger partial charge in [0.25, 0.3) is 0 Å². The fourth-order valence-corrected chi connectivity index (χ4v) is 2.46. The molecule has 0 unspecified atom stereocenters. The highest BCUT2D eigenvalue weighted by Gasteiger charge is 2.04. The first-order valence-electron chi connectivity index (χ1n) is 7.42. The van der Waals surface area contributed by atoms with Crippen molar-refractivity contribution in [1.29, 1.82) is 0 Å². The maximum Gasteiger partial charge on any atom is 0.337 e. The minimum atomic E-state index is -0.370. The van der Waals surface area contributed by atoms with Crippen molar-refractivity contribution >= 4 is 23.8 Å². The third-order valence-corrected chi connectivity index (χ3v) is 4.13. The van der Waals surface area contributed by atoms with Crippen molar-refractivity contribution in [2.24, 2.45) is 0 Å². The normalized spacial score (nSPS) is 11.2. The maximum absolute atomic E-state index is 11.4. The Hall–Kier alpha value is -2.24. The van der Waals surface area contributed by atoms with E-state index in [2.05, 4.69) is 4.74 Å². The summed E-state index contributed by atoms with van der Waals surface area (Å²) in [5.74, 6) is 0.387. The highest BCUT2D eigenvalue weighted by Crippen LogP contribution is 2.19. The Labute approximate surface area is 146 Å². The van der Waals surface area contributed by atoms with E-state index in [-0.39, 0.29) is 12.6 Å². The second kappa shape index (κ2) is 9.15. The summed E-state index contributed by atoms with van der Waals surface area (Å²) in [6.07, 6.45) is 3.87. The molecule has 0 heterocycles. The molecule has 0 amide bonds. The van der Waals surface area contributed by atoms with E-state index in [0.717, 1.165) is 16.9 Å². The first-order valence-corrected chi connectivity index (χ1v) is 8.64. The molecular formula is C19H20O4S. The highest BCUT2D eigenvalue weighted by atomic mass is 32.2. The fourth-order valence-electron chi connectivity index (χ4n) is 2.05. The van der Waals surface area contributed by atoms with Gasteiger partial charge in [-0.15, -0.1) is 11.8 Å². The predicted molar refractivity (Wildman–Crippen MR) is 96.6 cm³/mol. The maximum atomic E-state index is 11.4. The largest absolute Gasteiger partial charge is 0.489 e. The number of aliphatic hydroxyl groups excluding tert-OH is 1. The number of ether oxygens (including phenoxy) is 2. The molecule has 0 saturated heterocycles. The summed E-state index contributed by atoms with van der Waals surface area (Å²) in [6.45, 7) is 0.204. The van der Waals surface area contributed by atoms with Crippen molar-refractivity contribution in [1.82, 2.24) is 0 Å². The molecule has 24 heavy (non-hydrogen) atoms. The van der Waals surface area contributed by atoms with E-state index in [1.54, 1.807) is 36.0 Å². The van der Waals surface area contributed by atoms with Gasteiger partial charge in [-0.25, -0.2) is 4.79 Å². The van der Waals surface area contributed by atoms with Crippen molar-refractivity contribution in [2.45, 2.75) is 4.90 Å². The highest BCUT2D eigenvalue weighted by molar-refractivity contribution is 7.98. The van der Waals surface area contributed by atoms with Crippen molar-refractivity contribution in [3.8, 4) is 5.75 Å². The SMILES string of the molecule is COC(=O)c1ccc(C=C(CO)COc2ccc(SC)cc2)cc1. The van der Waals surface area contributed by atoms with E-state index < -0.39 is 0 Å². The summed E-state index contributed by atoms with van der Waals surface area (Å²) in [7, 11) is 1.35. The standard InChI is InChI=1S/C19H20O4S/c1-22-19(21)16-5-3-14(4-6-16)11-15(12-20)13-23-17-7-9-18(24-2)10-8-17/h3-11,20H,12-13H2,1-2H3. The zero-order chi connectivity index (χ0) is 17.4. The van der Waals surface area contributed by atoms with Crippen LogP contribution in [-0.2, 0) is 4.74 Å². The average Bonchev–Trinajstić information content (AvgIpc) is 2.65. The molecule has 0 bridgehead atoms. The van der Waals surface area contributed by atoms with Gasteiger partial charge in [-0.05, 0) is 53.8 Å². The Bertz CT molecular complexity index is 690. The van der Waals surface area contributed by atoms with Gasteiger partial charge in [0.15, 0.2) is 0 Å². The molecule has 2 aromatic rings. The first-order chi connectivity index (χ1) is 11.7. The molecule has 4 nitrogen and oxygen atoms in total. The van der Waals surface area contributed by atoms with E-state index in [1.807, 2.05) is 36.6 Å². The molecule has 5 heteroatoms. The van der Waals surface area contributed by atoms with Crippen LogP contribution in [-0.4, -0.2) is 37.7 Å². The molecule has 0 atom stereocenters. The van der Waals surface area contributed by atoms with Crippen molar-refractivity contribution in [2.75, 3.05) is 26.6 Å². The molecule has 2 aromatic carbocycles. The molecular weight excluding hydrogens is 324 g/mol.